The number of fused-ring (bicyclic) bond motifs is 1. The Hall–Kier alpha value is -2.28. The van der Waals surface area contributed by atoms with E-state index in [9.17, 15) is 14.4 Å². The molecule has 8 heteroatoms. The molecule has 0 unspecified atom stereocenters. The number of rotatable bonds is 4. The molecule has 3 rings (SSSR count). The van der Waals surface area contributed by atoms with E-state index in [0.717, 1.165) is 5.56 Å². The summed E-state index contributed by atoms with van der Waals surface area (Å²) < 4.78 is 15.5. The van der Waals surface area contributed by atoms with E-state index < -0.39 is 11.9 Å². The lowest BCUT2D eigenvalue weighted by Crippen LogP contribution is -2.43. The summed E-state index contributed by atoms with van der Waals surface area (Å²) in [6.07, 6.45) is 1.58. The molecule has 1 fully saturated rings. The van der Waals surface area contributed by atoms with E-state index in [4.69, 9.17) is 25.8 Å². The number of carbonyl (C=O) groups is 3. The normalized spacial score (nSPS) is 19.6. The van der Waals surface area contributed by atoms with Crippen molar-refractivity contribution in [2.24, 2.45) is 11.8 Å². The molecule has 1 saturated heterocycles. The first-order chi connectivity index (χ1) is 13.0. The molecule has 1 aromatic carbocycles. The lowest BCUT2D eigenvalue weighted by Gasteiger charge is -2.30. The molecule has 0 bridgehead atoms. The highest BCUT2D eigenvalue weighted by Gasteiger charge is 2.30. The number of esters is 2. The molecule has 0 aromatic heterocycles. The Bertz CT molecular complexity index is 729. The van der Waals surface area contributed by atoms with E-state index in [1.165, 1.54) is 7.11 Å². The molecular weight excluding hydrogens is 374 g/mol. The number of methoxy groups -OCH3 is 1. The van der Waals surface area contributed by atoms with Gasteiger partial charge in [-0.3, -0.25) is 14.4 Å². The fourth-order valence-corrected chi connectivity index (χ4v) is 3.58. The summed E-state index contributed by atoms with van der Waals surface area (Å²) in [4.78, 5) is 37.7. The molecule has 146 valence electrons. The summed E-state index contributed by atoms with van der Waals surface area (Å²) >= 11 is 5.98. The van der Waals surface area contributed by atoms with Crippen LogP contribution in [0.15, 0.2) is 18.2 Å². The number of carbonyl (C=O) groups excluding carboxylic acids is 3. The van der Waals surface area contributed by atoms with Crippen molar-refractivity contribution in [1.29, 1.82) is 0 Å². The van der Waals surface area contributed by atoms with Crippen LogP contribution in [0.5, 0.6) is 5.75 Å². The van der Waals surface area contributed by atoms with Gasteiger partial charge in [0.1, 0.15) is 12.4 Å². The van der Waals surface area contributed by atoms with Gasteiger partial charge < -0.3 is 19.1 Å². The summed E-state index contributed by atoms with van der Waals surface area (Å²) in [5.74, 6) is -0.883. The zero-order chi connectivity index (χ0) is 19.4. The van der Waals surface area contributed by atoms with Crippen molar-refractivity contribution in [3.63, 3.8) is 0 Å². The number of halogens is 1. The van der Waals surface area contributed by atoms with Gasteiger partial charge in [-0.05, 0) is 43.0 Å². The average Bonchev–Trinajstić information content (AvgIpc) is 2.70. The highest BCUT2D eigenvalue weighted by Crippen LogP contribution is 2.30. The van der Waals surface area contributed by atoms with Gasteiger partial charge in [-0.1, -0.05) is 11.6 Å². The zero-order valence-corrected chi connectivity index (χ0v) is 15.9. The molecule has 0 spiro atoms. The number of benzene rings is 1. The second-order valence-corrected chi connectivity index (χ2v) is 7.19. The first kappa shape index (κ1) is 19.5. The highest BCUT2D eigenvalue weighted by molar-refractivity contribution is 6.30. The lowest BCUT2D eigenvalue weighted by atomic mass is 9.97. The number of hydrogen-bond donors (Lipinski definition) is 0. The minimum absolute atomic E-state index is 0.173. The van der Waals surface area contributed by atoms with Crippen LogP contribution in [-0.2, 0) is 30.3 Å². The molecule has 27 heavy (non-hydrogen) atoms. The highest BCUT2D eigenvalue weighted by atomic mass is 35.5. The van der Waals surface area contributed by atoms with Crippen molar-refractivity contribution < 1.29 is 28.6 Å². The third-order valence-electron chi connectivity index (χ3n) is 4.98. The van der Waals surface area contributed by atoms with E-state index in [-0.39, 0.29) is 31.0 Å². The maximum Gasteiger partial charge on any atom is 0.313 e. The quantitative estimate of drug-likeness (QED) is 0.723. The van der Waals surface area contributed by atoms with Crippen LogP contribution in [0.25, 0.3) is 0 Å². The largest absolute Gasteiger partial charge is 0.492 e. The second kappa shape index (κ2) is 8.61. The summed E-state index contributed by atoms with van der Waals surface area (Å²) in [6.45, 7) is 0.815. The molecule has 2 aliphatic heterocycles. The maximum atomic E-state index is 12.3. The van der Waals surface area contributed by atoms with Gasteiger partial charge in [0.05, 0.1) is 18.9 Å². The Morgan fingerprint density at radius 1 is 1.19 bits per heavy atom. The van der Waals surface area contributed by atoms with Crippen molar-refractivity contribution in [2.45, 2.75) is 19.3 Å². The van der Waals surface area contributed by atoms with E-state index in [0.29, 0.717) is 43.1 Å². The Kier molecular flexibility index (Phi) is 6.21. The number of ether oxygens (including phenoxy) is 3. The van der Waals surface area contributed by atoms with Crippen molar-refractivity contribution in [1.82, 2.24) is 4.90 Å². The molecule has 2 heterocycles. The monoisotopic (exact) mass is 395 g/mol. The SMILES string of the molecule is COC(=O)C1CCN(C(=O)COC(=O)[C@H]2COc3ccc(Cl)cc3C2)CC1. The minimum atomic E-state index is -0.464. The number of hydrogen-bond acceptors (Lipinski definition) is 6. The van der Waals surface area contributed by atoms with Gasteiger partial charge in [-0.25, -0.2) is 0 Å². The first-order valence-corrected chi connectivity index (χ1v) is 9.29. The molecule has 2 aliphatic rings. The number of piperidine rings is 1. The topological polar surface area (TPSA) is 82.1 Å². The van der Waals surface area contributed by atoms with Gasteiger partial charge in [-0.15, -0.1) is 0 Å². The van der Waals surface area contributed by atoms with E-state index in [1.54, 1.807) is 23.1 Å². The summed E-state index contributed by atoms with van der Waals surface area (Å²) in [5, 5.41) is 0.580. The standard InChI is InChI=1S/C19H22ClNO6/c1-25-18(23)12-4-6-21(7-5-12)17(22)11-27-19(24)14-8-13-9-15(20)2-3-16(13)26-10-14/h2-3,9,12,14H,4-8,10-11H2,1H3/t14-/m1/s1. The lowest BCUT2D eigenvalue weighted by molar-refractivity contribution is -0.157. The third kappa shape index (κ3) is 4.71. The van der Waals surface area contributed by atoms with Gasteiger partial charge in [0.15, 0.2) is 6.61 Å². The molecule has 0 aliphatic carbocycles. The second-order valence-electron chi connectivity index (χ2n) is 6.75. The Labute approximate surface area is 162 Å². The summed E-state index contributed by atoms with van der Waals surface area (Å²) in [5.41, 5.74) is 0.854. The van der Waals surface area contributed by atoms with Crippen LogP contribution in [-0.4, -0.2) is 56.2 Å². The maximum absolute atomic E-state index is 12.3. The van der Waals surface area contributed by atoms with Crippen molar-refractivity contribution in [3.05, 3.63) is 28.8 Å². The van der Waals surface area contributed by atoms with Crippen LogP contribution >= 0.6 is 11.6 Å². The van der Waals surface area contributed by atoms with E-state index in [2.05, 4.69) is 0 Å². The summed E-state index contributed by atoms with van der Waals surface area (Å²) in [7, 11) is 1.36. The van der Waals surface area contributed by atoms with Gasteiger partial charge in [0.2, 0.25) is 0 Å². The number of likely N-dealkylation sites (tertiary alicyclic amines) is 1. The average molecular weight is 396 g/mol. The first-order valence-electron chi connectivity index (χ1n) is 8.91. The van der Waals surface area contributed by atoms with E-state index >= 15 is 0 Å². The smallest absolute Gasteiger partial charge is 0.313 e. The molecule has 1 atom stereocenters. The number of amides is 1. The molecular formula is C19H22ClNO6. The van der Waals surface area contributed by atoms with Crippen molar-refractivity contribution in [2.75, 3.05) is 33.4 Å². The van der Waals surface area contributed by atoms with Gasteiger partial charge >= 0.3 is 11.9 Å². The molecule has 7 nitrogen and oxygen atoms in total. The minimum Gasteiger partial charge on any atom is -0.492 e. The van der Waals surface area contributed by atoms with E-state index in [1.807, 2.05) is 0 Å². The van der Waals surface area contributed by atoms with Crippen LogP contribution < -0.4 is 4.74 Å². The van der Waals surface area contributed by atoms with Crippen LogP contribution in [0.2, 0.25) is 5.02 Å². The Balaban J connectivity index is 1.46. The Morgan fingerprint density at radius 3 is 2.63 bits per heavy atom. The predicted molar refractivity (Wildman–Crippen MR) is 96.4 cm³/mol. The fraction of sp³-hybridized carbons (Fsp3) is 0.526. The van der Waals surface area contributed by atoms with Crippen LogP contribution in [0.4, 0.5) is 0 Å². The van der Waals surface area contributed by atoms with Gasteiger partial charge in [0.25, 0.3) is 5.91 Å². The zero-order valence-electron chi connectivity index (χ0n) is 15.1. The van der Waals surface area contributed by atoms with Crippen molar-refractivity contribution in [3.8, 4) is 5.75 Å². The van der Waals surface area contributed by atoms with Crippen LogP contribution in [0.1, 0.15) is 18.4 Å². The third-order valence-corrected chi connectivity index (χ3v) is 5.22. The Morgan fingerprint density at radius 2 is 1.93 bits per heavy atom. The predicted octanol–water partition coefficient (Wildman–Crippen LogP) is 1.85. The van der Waals surface area contributed by atoms with Crippen LogP contribution in [0, 0.1) is 11.8 Å². The molecule has 1 aromatic rings. The fourth-order valence-electron chi connectivity index (χ4n) is 3.39. The molecule has 1 amide bonds. The molecule has 0 radical (unpaired) electrons. The van der Waals surface area contributed by atoms with Crippen LogP contribution in [0.3, 0.4) is 0 Å². The molecule has 0 saturated carbocycles. The molecule has 0 N–H and O–H groups in total. The number of nitrogens with zero attached hydrogens (tertiary/aromatic N) is 1. The van der Waals surface area contributed by atoms with Gasteiger partial charge in [0, 0.05) is 18.1 Å². The van der Waals surface area contributed by atoms with Crippen molar-refractivity contribution >= 4 is 29.4 Å². The summed E-state index contributed by atoms with van der Waals surface area (Å²) in [6, 6.07) is 5.29. The van der Waals surface area contributed by atoms with Gasteiger partial charge in [-0.2, -0.15) is 0 Å².